The normalized spacial score (nSPS) is 30.5. The van der Waals surface area contributed by atoms with Crippen LogP contribution in [-0.2, 0) is 0 Å². The van der Waals surface area contributed by atoms with Gasteiger partial charge in [-0.2, -0.15) is 0 Å². The van der Waals surface area contributed by atoms with Crippen LogP contribution in [0, 0.1) is 6.92 Å². The number of benzene rings is 1. The Balaban J connectivity index is 1.93. The van der Waals surface area contributed by atoms with Crippen molar-refractivity contribution < 1.29 is 0 Å². The summed E-state index contributed by atoms with van der Waals surface area (Å²) in [6.07, 6.45) is 6.65. The first-order valence-electron chi connectivity index (χ1n) is 7.41. The molecule has 2 aliphatic heterocycles. The van der Waals surface area contributed by atoms with Crippen LogP contribution in [-0.4, -0.2) is 25.2 Å². The summed E-state index contributed by atoms with van der Waals surface area (Å²) in [5.41, 5.74) is 2.76. The number of rotatable bonds is 2. The van der Waals surface area contributed by atoms with Crippen LogP contribution in [0.4, 0.5) is 5.69 Å². The third kappa shape index (κ3) is 2.55. The Morgan fingerprint density at radius 2 is 1.89 bits per heavy atom. The second-order valence-electron chi connectivity index (χ2n) is 6.06. The molecule has 2 aliphatic rings. The first kappa shape index (κ1) is 13.4. The molecule has 2 saturated heterocycles. The Kier molecular flexibility index (Phi) is 3.86. The zero-order chi connectivity index (χ0) is 13.4. The Morgan fingerprint density at radius 1 is 1.21 bits per heavy atom. The molecule has 2 fully saturated rings. The molecular weight excluding hydrogens is 300 g/mol. The summed E-state index contributed by atoms with van der Waals surface area (Å²) in [5.74, 6) is 0. The Bertz CT molecular complexity index is 446. The summed E-state index contributed by atoms with van der Waals surface area (Å²) in [4.78, 5) is 2.70. The summed E-state index contributed by atoms with van der Waals surface area (Å²) >= 11 is 3.75. The van der Waals surface area contributed by atoms with E-state index >= 15 is 0 Å². The zero-order valence-corrected chi connectivity index (χ0v) is 13.4. The number of piperidine rings is 2. The average molecular weight is 323 g/mol. The maximum Gasteiger partial charge on any atom is 0.0518 e. The SMILES string of the molecule is CNC1CC2CCCC(C1)N2c1cc(C)ccc1Br. The number of hydrogen-bond acceptors (Lipinski definition) is 2. The first-order valence-corrected chi connectivity index (χ1v) is 8.20. The van der Waals surface area contributed by atoms with E-state index in [1.54, 1.807) is 0 Å². The van der Waals surface area contributed by atoms with E-state index in [1.807, 2.05) is 0 Å². The number of hydrogen-bond donors (Lipinski definition) is 1. The highest BCUT2D eigenvalue weighted by Gasteiger charge is 2.38. The van der Waals surface area contributed by atoms with Crippen LogP contribution in [0.15, 0.2) is 22.7 Å². The highest BCUT2D eigenvalue weighted by atomic mass is 79.9. The van der Waals surface area contributed by atoms with Crippen LogP contribution in [0.5, 0.6) is 0 Å². The van der Waals surface area contributed by atoms with Crippen molar-refractivity contribution in [2.24, 2.45) is 0 Å². The van der Waals surface area contributed by atoms with E-state index < -0.39 is 0 Å². The first-order chi connectivity index (χ1) is 9.19. The fourth-order valence-electron chi connectivity index (χ4n) is 3.83. The predicted molar refractivity (Wildman–Crippen MR) is 84.9 cm³/mol. The van der Waals surface area contributed by atoms with E-state index in [4.69, 9.17) is 0 Å². The number of aryl methyl sites for hydroxylation is 1. The van der Waals surface area contributed by atoms with Gasteiger partial charge in [0.15, 0.2) is 0 Å². The monoisotopic (exact) mass is 322 g/mol. The summed E-state index contributed by atoms with van der Waals surface area (Å²) in [5, 5.41) is 3.49. The van der Waals surface area contributed by atoms with Crippen molar-refractivity contribution in [3.8, 4) is 0 Å². The maximum atomic E-state index is 3.75. The fourth-order valence-corrected chi connectivity index (χ4v) is 4.28. The molecule has 0 aromatic heterocycles. The van der Waals surface area contributed by atoms with Crippen molar-refractivity contribution in [3.63, 3.8) is 0 Å². The Morgan fingerprint density at radius 3 is 2.53 bits per heavy atom. The van der Waals surface area contributed by atoms with Gasteiger partial charge >= 0.3 is 0 Å². The lowest BCUT2D eigenvalue weighted by Gasteiger charge is -2.50. The number of halogens is 1. The topological polar surface area (TPSA) is 15.3 Å². The summed E-state index contributed by atoms with van der Waals surface area (Å²) in [6, 6.07) is 8.85. The highest BCUT2D eigenvalue weighted by Crippen LogP contribution is 2.40. The second-order valence-corrected chi connectivity index (χ2v) is 6.91. The molecule has 0 radical (unpaired) electrons. The maximum absolute atomic E-state index is 3.75. The molecule has 2 atom stereocenters. The second kappa shape index (κ2) is 5.45. The van der Waals surface area contributed by atoms with E-state index in [2.05, 4.69) is 58.3 Å². The van der Waals surface area contributed by atoms with E-state index in [0.29, 0.717) is 18.1 Å². The Labute approximate surface area is 124 Å². The van der Waals surface area contributed by atoms with Gasteiger partial charge < -0.3 is 10.2 Å². The summed E-state index contributed by atoms with van der Waals surface area (Å²) < 4.78 is 1.25. The minimum atomic E-state index is 0.704. The van der Waals surface area contributed by atoms with Gasteiger partial charge in [0.25, 0.3) is 0 Å². The number of nitrogens with one attached hydrogen (secondary N) is 1. The van der Waals surface area contributed by atoms with Crippen LogP contribution >= 0.6 is 15.9 Å². The molecule has 2 bridgehead atoms. The average Bonchev–Trinajstić information content (AvgIpc) is 2.40. The quantitative estimate of drug-likeness (QED) is 0.889. The van der Waals surface area contributed by atoms with E-state index in [0.717, 1.165) is 0 Å². The third-order valence-electron chi connectivity index (χ3n) is 4.76. The van der Waals surface area contributed by atoms with E-state index in [1.165, 1.54) is 47.8 Å². The molecular formula is C16H23BrN2. The lowest BCUT2D eigenvalue weighted by atomic mass is 9.81. The van der Waals surface area contributed by atoms with Crippen LogP contribution in [0.3, 0.4) is 0 Å². The van der Waals surface area contributed by atoms with Gasteiger partial charge in [0.1, 0.15) is 0 Å². The van der Waals surface area contributed by atoms with Gasteiger partial charge in [0, 0.05) is 22.6 Å². The minimum Gasteiger partial charge on any atom is -0.365 e. The summed E-state index contributed by atoms with van der Waals surface area (Å²) in [6.45, 7) is 2.19. The standard InChI is InChI=1S/C16H23BrN2/c1-11-6-7-15(17)16(8-11)19-13-4-3-5-14(19)10-12(9-13)18-2/h6-8,12-14,18H,3-5,9-10H2,1-2H3. The molecule has 0 amide bonds. The third-order valence-corrected chi connectivity index (χ3v) is 5.43. The van der Waals surface area contributed by atoms with E-state index in [9.17, 15) is 0 Å². The molecule has 2 nitrogen and oxygen atoms in total. The van der Waals surface area contributed by atoms with Gasteiger partial charge in [-0.05, 0) is 79.7 Å². The lowest BCUT2D eigenvalue weighted by Crippen LogP contribution is -2.56. The van der Waals surface area contributed by atoms with Gasteiger partial charge in [-0.3, -0.25) is 0 Å². The van der Waals surface area contributed by atoms with Crippen LogP contribution in [0.2, 0.25) is 0 Å². The molecule has 19 heavy (non-hydrogen) atoms. The van der Waals surface area contributed by atoms with Gasteiger partial charge in [0.2, 0.25) is 0 Å². The molecule has 0 aliphatic carbocycles. The van der Waals surface area contributed by atoms with Gasteiger partial charge in [-0.1, -0.05) is 6.07 Å². The molecule has 1 aromatic rings. The van der Waals surface area contributed by atoms with Crippen molar-refractivity contribution in [2.45, 2.75) is 57.2 Å². The number of fused-ring (bicyclic) bond motifs is 2. The lowest BCUT2D eigenvalue weighted by molar-refractivity contribution is 0.252. The van der Waals surface area contributed by atoms with Crippen LogP contribution in [0.25, 0.3) is 0 Å². The molecule has 3 rings (SSSR count). The molecule has 2 unspecified atom stereocenters. The fraction of sp³-hybridized carbons (Fsp3) is 0.625. The molecule has 104 valence electrons. The largest absolute Gasteiger partial charge is 0.365 e. The van der Waals surface area contributed by atoms with Crippen LogP contribution in [0.1, 0.15) is 37.7 Å². The minimum absolute atomic E-state index is 0.704. The molecule has 3 heteroatoms. The van der Waals surface area contributed by atoms with Crippen molar-refractivity contribution in [1.29, 1.82) is 0 Å². The molecule has 1 N–H and O–H groups in total. The molecule has 2 heterocycles. The highest BCUT2D eigenvalue weighted by molar-refractivity contribution is 9.10. The zero-order valence-electron chi connectivity index (χ0n) is 11.8. The molecule has 1 aromatic carbocycles. The Hall–Kier alpha value is -0.540. The predicted octanol–water partition coefficient (Wildman–Crippen LogP) is 3.87. The number of anilines is 1. The van der Waals surface area contributed by atoms with Crippen molar-refractivity contribution >= 4 is 21.6 Å². The van der Waals surface area contributed by atoms with Gasteiger partial charge in [0.05, 0.1) is 5.69 Å². The smallest absolute Gasteiger partial charge is 0.0518 e. The van der Waals surface area contributed by atoms with Crippen molar-refractivity contribution in [2.75, 3.05) is 11.9 Å². The number of nitrogens with zero attached hydrogens (tertiary/aromatic N) is 1. The van der Waals surface area contributed by atoms with E-state index in [-0.39, 0.29) is 0 Å². The van der Waals surface area contributed by atoms with Crippen molar-refractivity contribution in [3.05, 3.63) is 28.2 Å². The van der Waals surface area contributed by atoms with Crippen LogP contribution < -0.4 is 10.2 Å². The molecule has 0 saturated carbocycles. The van der Waals surface area contributed by atoms with Crippen molar-refractivity contribution in [1.82, 2.24) is 5.32 Å². The molecule has 0 spiro atoms. The van der Waals surface area contributed by atoms with Gasteiger partial charge in [-0.25, -0.2) is 0 Å². The summed E-state index contributed by atoms with van der Waals surface area (Å²) in [7, 11) is 2.11. The van der Waals surface area contributed by atoms with Gasteiger partial charge in [-0.15, -0.1) is 0 Å².